The first kappa shape index (κ1) is 23.8. The van der Waals surface area contributed by atoms with Crippen molar-refractivity contribution in [2.24, 2.45) is 0 Å². The van der Waals surface area contributed by atoms with Crippen LogP contribution in [0, 0.1) is 27.7 Å². The monoisotopic (exact) mass is 464 g/mol. The summed E-state index contributed by atoms with van der Waals surface area (Å²) in [6.45, 7) is 7.82. The molecular formula is C22H32N4O3S2. The number of carbonyl (C=O) groups excluding carboxylic acids is 1. The average Bonchev–Trinajstić information content (AvgIpc) is 3.31. The maximum absolute atomic E-state index is 12.7. The minimum absolute atomic E-state index is 0.173. The van der Waals surface area contributed by atoms with Crippen LogP contribution >= 0.6 is 11.8 Å². The smallest absolute Gasteiger partial charge is 0.242 e. The molecule has 0 atom stereocenters. The fourth-order valence-electron chi connectivity index (χ4n) is 3.92. The van der Waals surface area contributed by atoms with Gasteiger partial charge >= 0.3 is 0 Å². The van der Waals surface area contributed by atoms with E-state index in [9.17, 15) is 13.2 Å². The number of sulfonamides is 1. The number of rotatable bonds is 7. The number of nitrogens with zero attached hydrogens (tertiary/aromatic N) is 3. The molecule has 1 amide bonds. The molecule has 1 N–H and O–H groups in total. The standard InChI is InChI=1S/C22H32N4O3S2/c1-14-11-19(31(28,29)25(5)6)12-20(15(14)2)24-21(27)13-30-22-23-16(3)17(4)26(22)18-9-7-8-10-18/h11-12,18H,7-10,13H2,1-6H3,(H,24,27). The van der Waals surface area contributed by atoms with Crippen molar-refractivity contribution in [3.05, 3.63) is 34.6 Å². The van der Waals surface area contributed by atoms with Crippen molar-refractivity contribution < 1.29 is 13.2 Å². The van der Waals surface area contributed by atoms with E-state index >= 15 is 0 Å². The summed E-state index contributed by atoms with van der Waals surface area (Å²) in [5.41, 5.74) is 4.37. The van der Waals surface area contributed by atoms with Gasteiger partial charge in [0.05, 0.1) is 16.3 Å². The number of benzene rings is 1. The van der Waals surface area contributed by atoms with E-state index in [0.29, 0.717) is 11.7 Å². The lowest BCUT2D eigenvalue weighted by Gasteiger charge is -2.17. The molecule has 31 heavy (non-hydrogen) atoms. The Labute approximate surface area is 189 Å². The lowest BCUT2D eigenvalue weighted by molar-refractivity contribution is -0.113. The second kappa shape index (κ2) is 9.34. The normalized spacial score (nSPS) is 15.1. The largest absolute Gasteiger partial charge is 0.325 e. The van der Waals surface area contributed by atoms with Gasteiger partial charge in [0.15, 0.2) is 5.16 Å². The first-order chi connectivity index (χ1) is 14.5. The van der Waals surface area contributed by atoms with E-state index in [-0.39, 0.29) is 16.6 Å². The van der Waals surface area contributed by atoms with Crippen LogP contribution in [-0.2, 0) is 14.8 Å². The Morgan fingerprint density at radius 2 is 1.84 bits per heavy atom. The van der Waals surface area contributed by atoms with Crippen molar-refractivity contribution in [1.82, 2.24) is 13.9 Å². The predicted octanol–water partition coefficient (Wildman–Crippen LogP) is 4.21. The lowest BCUT2D eigenvalue weighted by atomic mass is 10.1. The van der Waals surface area contributed by atoms with E-state index in [1.165, 1.54) is 54.8 Å². The number of hydrogen-bond acceptors (Lipinski definition) is 5. The number of thioether (sulfide) groups is 1. The highest BCUT2D eigenvalue weighted by atomic mass is 32.2. The van der Waals surface area contributed by atoms with Gasteiger partial charge in [0.2, 0.25) is 15.9 Å². The summed E-state index contributed by atoms with van der Waals surface area (Å²) in [4.78, 5) is 17.6. The van der Waals surface area contributed by atoms with Gasteiger partial charge in [0.1, 0.15) is 0 Å². The van der Waals surface area contributed by atoms with Crippen LogP contribution in [-0.4, -0.2) is 48.0 Å². The molecule has 0 aliphatic heterocycles. The van der Waals surface area contributed by atoms with E-state index in [1.54, 1.807) is 6.07 Å². The summed E-state index contributed by atoms with van der Waals surface area (Å²) < 4.78 is 28.5. The summed E-state index contributed by atoms with van der Waals surface area (Å²) in [5.74, 6) is 0.0364. The van der Waals surface area contributed by atoms with Gasteiger partial charge in [-0.1, -0.05) is 24.6 Å². The number of aryl methyl sites for hydroxylation is 2. The van der Waals surface area contributed by atoms with Crippen LogP contribution in [0.15, 0.2) is 22.2 Å². The van der Waals surface area contributed by atoms with Gasteiger partial charge in [-0.2, -0.15) is 0 Å². The van der Waals surface area contributed by atoms with Gasteiger partial charge in [-0.15, -0.1) is 0 Å². The molecule has 7 nitrogen and oxygen atoms in total. The fourth-order valence-corrected chi connectivity index (χ4v) is 5.90. The number of anilines is 1. The zero-order valence-electron chi connectivity index (χ0n) is 19.2. The SMILES string of the molecule is Cc1cc(S(=O)(=O)N(C)C)cc(NC(=O)CSc2nc(C)c(C)n2C2CCCC2)c1C. The highest BCUT2D eigenvalue weighted by Gasteiger charge is 2.24. The molecule has 3 rings (SSSR count). The summed E-state index contributed by atoms with van der Waals surface area (Å²) in [7, 11) is -0.592. The number of amides is 1. The topological polar surface area (TPSA) is 84.3 Å². The van der Waals surface area contributed by atoms with Crippen LogP contribution in [0.3, 0.4) is 0 Å². The quantitative estimate of drug-likeness (QED) is 0.621. The molecule has 0 bridgehead atoms. The Morgan fingerprint density at radius 3 is 2.45 bits per heavy atom. The van der Waals surface area contributed by atoms with Crippen LogP contribution in [0.4, 0.5) is 5.69 Å². The molecule has 1 aliphatic carbocycles. The molecule has 1 aliphatic rings. The van der Waals surface area contributed by atoms with Crippen LogP contribution in [0.2, 0.25) is 0 Å². The fraction of sp³-hybridized carbons (Fsp3) is 0.545. The zero-order valence-corrected chi connectivity index (χ0v) is 20.8. The van der Waals surface area contributed by atoms with Crippen molar-refractivity contribution in [3.63, 3.8) is 0 Å². The van der Waals surface area contributed by atoms with E-state index in [0.717, 1.165) is 34.8 Å². The second-order valence-electron chi connectivity index (χ2n) is 8.41. The third-order valence-corrected chi connectivity index (χ3v) is 8.82. The summed E-state index contributed by atoms with van der Waals surface area (Å²) in [6.07, 6.45) is 4.78. The molecule has 0 spiro atoms. The van der Waals surface area contributed by atoms with Gasteiger partial charge in [-0.3, -0.25) is 4.79 Å². The summed E-state index contributed by atoms with van der Waals surface area (Å²) in [6, 6.07) is 3.64. The number of carbonyl (C=O) groups is 1. The highest BCUT2D eigenvalue weighted by Crippen LogP contribution is 2.35. The molecule has 0 radical (unpaired) electrons. The summed E-state index contributed by atoms with van der Waals surface area (Å²) in [5, 5.41) is 3.79. The van der Waals surface area contributed by atoms with E-state index in [4.69, 9.17) is 4.98 Å². The molecule has 2 aromatic rings. The Kier molecular flexibility index (Phi) is 7.18. The number of aromatic nitrogens is 2. The average molecular weight is 465 g/mol. The first-order valence-electron chi connectivity index (χ1n) is 10.5. The van der Waals surface area contributed by atoms with E-state index < -0.39 is 10.0 Å². The van der Waals surface area contributed by atoms with Gasteiger partial charge in [-0.25, -0.2) is 17.7 Å². The molecule has 1 heterocycles. The molecule has 0 saturated heterocycles. The molecule has 1 saturated carbocycles. The number of nitrogens with one attached hydrogen (secondary N) is 1. The van der Waals surface area contributed by atoms with Crippen molar-refractivity contribution in [1.29, 1.82) is 0 Å². The minimum atomic E-state index is -3.58. The van der Waals surface area contributed by atoms with Crippen molar-refractivity contribution in [2.75, 3.05) is 25.2 Å². The Balaban J connectivity index is 1.77. The molecule has 1 aromatic carbocycles. The Hall–Kier alpha value is -1.84. The summed E-state index contributed by atoms with van der Waals surface area (Å²) >= 11 is 1.43. The predicted molar refractivity (Wildman–Crippen MR) is 125 cm³/mol. The maximum Gasteiger partial charge on any atom is 0.242 e. The second-order valence-corrected chi connectivity index (χ2v) is 11.5. The highest BCUT2D eigenvalue weighted by molar-refractivity contribution is 7.99. The number of hydrogen-bond donors (Lipinski definition) is 1. The lowest BCUT2D eigenvalue weighted by Crippen LogP contribution is -2.23. The van der Waals surface area contributed by atoms with Gasteiger partial charge in [0, 0.05) is 31.5 Å². The minimum Gasteiger partial charge on any atom is -0.325 e. The maximum atomic E-state index is 12.7. The third kappa shape index (κ3) is 4.99. The molecular weight excluding hydrogens is 432 g/mol. The molecule has 1 fully saturated rings. The Morgan fingerprint density at radius 1 is 1.19 bits per heavy atom. The van der Waals surface area contributed by atoms with Gasteiger partial charge < -0.3 is 9.88 Å². The van der Waals surface area contributed by atoms with Crippen molar-refractivity contribution in [3.8, 4) is 0 Å². The van der Waals surface area contributed by atoms with E-state index in [1.807, 2.05) is 20.8 Å². The molecule has 170 valence electrons. The molecule has 1 aromatic heterocycles. The molecule has 0 unspecified atom stereocenters. The van der Waals surface area contributed by atoms with Crippen LogP contribution in [0.25, 0.3) is 0 Å². The van der Waals surface area contributed by atoms with Crippen molar-refractivity contribution in [2.45, 2.75) is 69.5 Å². The van der Waals surface area contributed by atoms with Crippen molar-refractivity contribution >= 4 is 33.4 Å². The zero-order chi connectivity index (χ0) is 22.9. The third-order valence-electron chi connectivity index (χ3n) is 6.07. The van der Waals surface area contributed by atoms with E-state index in [2.05, 4.69) is 16.8 Å². The van der Waals surface area contributed by atoms with Gasteiger partial charge in [0.25, 0.3) is 0 Å². The molecule has 9 heteroatoms. The van der Waals surface area contributed by atoms with Crippen LogP contribution < -0.4 is 5.32 Å². The number of imidazole rings is 1. The van der Waals surface area contributed by atoms with Crippen LogP contribution in [0.5, 0.6) is 0 Å². The first-order valence-corrected chi connectivity index (χ1v) is 13.0. The Bertz CT molecular complexity index is 1080. The van der Waals surface area contributed by atoms with Crippen LogP contribution in [0.1, 0.15) is 54.2 Å². The van der Waals surface area contributed by atoms with Gasteiger partial charge in [-0.05, 0) is 63.8 Å².